The van der Waals surface area contributed by atoms with Crippen molar-refractivity contribution in [2.24, 2.45) is 0 Å². The van der Waals surface area contributed by atoms with Crippen molar-refractivity contribution in [1.82, 2.24) is 0 Å². The van der Waals surface area contributed by atoms with Crippen molar-refractivity contribution < 1.29 is 29.0 Å². The van der Waals surface area contributed by atoms with Crippen LogP contribution >= 0.6 is 15.9 Å². The number of anilines is 1. The molecule has 1 aromatic rings. The Kier molecular flexibility index (Phi) is 4.35. The average molecular weight is 398 g/mol. The van der Waals surface area contributed by atoms with Crippen molar-refractivity contribution in [1.29, 1.82) is 0 Å². The molecule has 1 spiro atoms. The van der Waals surface area contributed by atoms with Crippen LogP contribution in [-0.4, -0.2) is 42.9 Å². The number of carboxylic acids is 1. The summed E-state index contributed by atoms with van der Waals surface area (Å²) in [6.07, 6.45) is 0.0899. The molecule has 1 N–H and O–H groups in total. The lowest BCUT2D eigenvalue weighted by Gasteiger charge is -2.32. The van der Waals surface area contributed by atoms with E-state index < -0.39 is 17.5 Å². The summed E-state index contributed by atoms with van der Waals surface area (Å²) in [4.78, 5) is 37.7. The van der Waals surface area contributed by atoms with E-state index in [1.807, 2.05) is 0 Å². The normalized spacial score (nSPS) is 18.6. The topological polar surface area (TPSA) is 93.1 Å². The lowest BCUT2D eigenvalue weighted by Crippen LogP contribution is -2.46. The van der Waals surface area contributed by atoms with Crippen molar-refractivity contribution in [3.8, 4) is 0 Å². The van der Waals surface area contributed by atoms with Crippen LogP contribution in [0.2, 0.25) is 0 Å². The third kappa shape index (κ3) is 2.41. The Bertz CT molecular complexity index is 726. The van der Waals surface area contributed by atoms with E-state index in [0.717, 1.165) is 4.90 Å². The van der Waals surface area contributed by atoms with Crippen LogP contribution in [0.1, 0.15) is 35.7 Å². The fourth-order valence-electron chi connectivity index (χ4n) is 3.30. The summed E-state index contributed by atoms with van der Waals surface area (Å²) in [5, 5.41) is 9.32. The summed E-state index contributed by atoms with van der Waals surface area (Å²) in [5.41, 5.74) is 0.0292. The molecule has 0 saturated carbocycles. The molecular formula is C16H16BrNO6. The summed E-state index contributed by atoms with van der Waals surface area (Å²) < 4.78 is 10.7. The maximum Gasteiger partial charge on any atom is 0.421 e. The number of imide groups is 1. The molecule has 2 heterocycles. The molecule has 1 fully saturated rings. The highest BCUT2D eigenvalue weighted by molar-refractivity contribution is 9.10. The van der Waals surface area contributed by atoms with Gasteiger partial charge >= 0.3 is 12.1 Å². The summed E-state index contributed by atoms with van der Waals surface area (Å²) in [6.45, 7) is 2.57. The Morgan fingerprint density at radius 3 is 2.62 bits per heavy atom. The smallest absolute Gasteiger partial charge is 0.421 e. The van der Waals surface area contributed by atoms with E-state index in [2.05, 4.69) is 15.9 Å². The molecule has 1 saturated heterocycles. The molecule has 128 valence electrons. The van der Waals surface area contributed by atoms with Gasteiger partial charge in [0.15, 0.2) is 0 Å². The van der Waals surface area contributed by atoms with Gasteiger partial charge in [-0.1, -0.05) is 0 Å². The number of rotatable bonds is 2. The first-order valence-electron chi connectivity index (χ1n) is 7.58. The molecular weight excluding hydrogens is 382 g/mol. The van der Waals surface area contributed by atoms with Gasteiger partial charge in [0.1, 0.15) is 0 Å². The minimum Gasteiger partial charge on any atom is -0.478 e. The highest BCUT2D eigenvalue weighted by atomic mass is 79.9. The summed E-state index contributed by atoms with van der Waals surface area (Å²) >= 11 is 3.25. The van der Waals surface area contributed by atoms with Crippen LogP contribution in [0.4, 0.5) is 10.5 Å². The number of nitrogens with zero attached hydrogens (tertiary/aromatic N) is 1. The molecule has 0 aliphatic carbocycles. The van der Waals surface area contributed by atoms with Crippen molar-refractivity contribution in [2.75, 3.05) is 24.7 Å². The zero-order chi connectivity index (χ0) is 17.5. The lowest BCUT2D eigenvalue weighted by molar-refractivity contribution is -0.126. The van der Waals surface area contributed by atoms with E-state index in [4.69, 9.17) is 9.47 Å². The second-order valence-electron chi connectivity index (χ2n) is 5.69. The number of benzene rings is 1. The standard InChI is InChI=1S/C16H16BrNO6/c1-2-24-15(22)18-12-7-9(13(19)20)11(17)8-10(12)16(14(18)21)3-5-23-6-4-16/h7-8H,2-6H2,1H3,(H,19,20). The van der Waals surface area contributed by atoms with Gasteiger partial charge in [0.2, 0.25) is 5.91 Å². The molecule has 0 unspecified atom stereocenters. The summed E-state index contributed by atoms with van der Waals surface area (Å²) in [7, 11) is 0. The molecule has 2 aliphatic rings. The third-order valence-electron chi connectivity index (χ3n) is 4.48. The van der Waals surface area contributed by atoms with Gasteiger partial charge in [-0.3, -0.25) is 4.79 Å². The van der Waals surface area contributed by atoms with E-state index in [0.29, 0.717) is 36.1 Å². The molecule has 2 amide bonds. The lowest BCUT2D eigenvalue weighted by atomic mass is 9.75. The molecule has 3 rings (SSSR count). The highest BCUT2D eigenvalue weighted by Gasteiger charge is 2.54. The monoisotopic (exact) mass is 397 g/mol. The number of aromatic carboxylic acids is 1. The van der Waals surface area contributed by atoms with Gasteiger partial charge in [-0.25, -0.2) is 14.5 Å². The molecule has 0 atom stereocenters. The van der Waals surface area contributed by atoms with E-state index >= 15 is 0 Å². The Morgan fingerprint density at radius 1 is 1.38 bits per heavy atom. The number of hydrogen-bond donors (Lipinski definition) is 1. The van der Waals surface area contributed by atoms with Crippen LogP contribution in [-0.2, 0) is 19.7 Å². The molecule has 24 heavy (non-hydrogen) atoms. The van der Waals surface area contributed by atoms with Crippen LogP contribution in [0.15, 0.2) is 16.6 Å². The molecule has 1 aromatic carbocycles. The second-order valence-corrected chi connectivity index (χ2v) is 6.54. The van der Waals surface area contributed by atoms with Gasteiger partial charge in [0.05, 0.1) is 23.3 Å². The largest absolute Gasteiger partial charge is 0.478 e. The zero-order valence-electron chi connectivity index (χ0n) is 13.0. The molecule has 0 bridgehead atoms. The first kappa shape index (κ1) is 16.9. The first-order valence-corrected chi connectivity index (χ1v) is 8.38. The van der Waals surface area contributed by atoms with E-state index in [1.165, 1.54) is 6.07 Å². The minimum absolute atomic E-state index is 0.0139. The van der Waals surface area contributed by atoms with Crippen LogP contribution in [0, 0.1) is 0 Å². The number of carbonyl (C=O) groups excluding carboxylic acids is 2. The highest BCUT2D eigenvalue weighted by Crippen LogP contribution is 2.49. The van der Waals surface area contributed by atoms with Crippen LogP contribution in [0.5, 0.6) is 0 Å². The van der Waals surface area contributed by atoms with Crippen molar-refractivity contribution >= 4 is 39.6 Å². The van der Waals surface area contributed by atoms with Crippen molar-refractivity contribution in [3.63, 3.8) is 0 Å². The second kappa shape index (κ2) is 6.18. The summed E-state index contributed by atoms with van der Waals surface area (Å²) in [5.74, 6) is -1.53. The van der Waals surface area contributed by atoms with Crippen molar-refractivity contribution in [2.45, 2.75) is 25.2 Å². The maximum atomic E-state index is 13.1. The predicted octanol–water partition coefficient (Wildman–Crippen LogP) is 2.70. The minimum atomic E-state index is -1.14. The van der Waals surface area contributed by atoms with Gasteiger partial charge in [-0.15, -0.1) is 0 Å². The number of hydrogen-bond acceptors (Lipinski definition) is 5. The molecule has 0 radical (unpaired) electrons. The SMILES string of the molecule is CCOC(=O)N1C(=O)C2(CCOCC2)c2cc(Br)c(C(=O)O)cc21. The van der Waals surface area contributed by atoms with E-state index in [1.54, 1.807) is 13.0 Å². The quantitative estimate of drug-likeness (QED) is 0.824. The molecule has 2 aliphatic heterocycles. The van der Waals surface area contributed by atoms with Gasteiger partial charge in [0.25, 0.3) is 0 Å². The number of fused-ring (bicyclic) bond motifs is 2. The Morgan fingerprint density at radius 2 is 2.04 bits per heavy atom. The van der Waals surface area contributed by atoms with Crippen molar-refractivity contribution in [3.05, 3.63) is 27.7 Å². The van der Waals surface area contributed by atoms with Gasteiger partial charge < -0.3 is 14.6 Å². The van der Waals surface area contributed by atoms with Gasteiger partial charge in [-0.05, 0) is 53.4 Å². The third-order valence-corrected chi connectivity index (χ3v) is 5.14. The molecule has 7 nitrogen and oxygen atoms in total. The van der Waals surface area contributed by atoms with Crippen LogP contribution in [0.3, 0.4) is 0 Å². The number of carboxylic acid groups (broad SMARTS) is 1. The van der Waals surface area contributed by atoms with Crippen LogP contribution in [0.25, 0.3) is 0 Å². The number of carbonyl (C=O) groups is 3. The fourth-order valence-corrected chi connectivity index (χ4v) is 3.82. The predicted molar refractivity (Wildman–Crippen MR) is 87.3 cm³/mol. The molecule has 0 aromatic heterocycles. The number of ether oxygens (including phenoxy) is 2. The van der Waals surface area contributed by atoms with E-state index in [-0.39, 0.29) is 23.8 Å². The van der Waals surface area contributed by atoms with Gasteiger partial charge in [0, 0.05) is 17.7 Å². The average Bonchev–Trinajstić information content (AvgIpc) is 2.77. The zero-order valence-corrected chi connectivity index (χ0v) is 14.6. The van der Waals surface area contributed by atoms with E-state index in [9.17, 15) is 19.5 Å². The maximum absolute atomic E-state index is 13.1. The fraction of sp³-hybridized carbons (Fsp3) is 0.438. The van der Waals surface area contributed by atoms with Crippen LogP contribution < -0.4 is 4.90 Å². The summed E-state index contributed by atoms with van der Waals surface area (Å²) in [6, 6.07) is 2.97. The van der Waals surface area contributed by atoms with Gasteiger partial charge in [-0.2, -0.15) is 0 Å². The first-order chi connectivity index (χ1) is 11.4. The number of amides is 2. The molecule has 8 heteroatoms. The Hall–Kier alpha value is -1.93. The Labute approximate surface area is 146 Å². The Balaban J connectivity index is 2.20. The number of halogens is 1.